The smallest absolute Gasteiger partial charge is 0.281 e. The Bertz CT molecular complexity index is 1020. The zero-order valence-electron chi connectivity index (χ0n) is 14.2. The number of rotatable bonds is 5. The van der Waals surface area contributed by atoms with Crippen LogP contribution < -0.4 is 5.43 Å². The van der Waals surface area contributed by atoms with Gasteiger partial charge in [-0.1, -0.05) is 60.7 Å². The number of fused-ring (bicyclic) bond motifs is 1. The second kappa shape index (κ2) is 7.44. The summed E-state index contributed by atoms with van der Waals surface area (Å²) in [7, 11) is 0. The Morgan fingerprint density at radius 2 is 1.59 bits per heavy atom. The highest BCUT2D eigenvalue weighted by Gasteiger charge is 2.39. The van der Waals surface area contributed by atoms with Crippen molar-refractivity contribution in [2.75, 3.05) is 0 Å². The summed E-state index contributed by atoms with van der Waals surface area (Å²) in [5.74, 6) is -0.602. The highest BCUT2D eigenvalue weighted by molar-refractivity contribution is 7.27. The molecular weight excluding hydrogens is 376 g/mol. The average Bonchev–Trinajstić information content (AvgIpc) is 3.30. The van der Waals surface area contributed by atoms with Gasteiger partial charge < -0.3 is 5.11 Å². The number of hydrazone groups is 1. The van der Waals surface area contributed by atoms with Crippen LogP contribution in [-0.4, -0.2) is 17.2 Å². The number of thiophene rings is 2. The lowest BCUT2D eigenvalue weighted by Gasteiger charge is -2.26. The quantitative estimate of drug-likeness (QED) is 0.392. The average molecular weight is 393 g/mol. The van der Waals surface area contributed by atoms with E-state index in [1.165, 1.54) is 9.40 Å². The number of nitrogens with zero attached hydrogens (tertiary/aromatic N) is 1. The second-order valence-corrected chi connectivity index (χ2v) is 8.00. The minimum atomic E-state index is -1.82. The van der Waals surface area contributed by atoms with E-state index in [9.17, 15) is 9.90 Å². The molecule has 0 saturated heterocycles. The molecule has 0 radical (unpaired) electrons. The van der Waals surface area contributed by atoms with Crippen molar-refractivity contribution in [3.63, 3.8) is 0 Å². The molecule has 6 heteroatoms. The van der Waals surface area contributed by atoms with E-state index in [-0.39, 0.29) is 0 Å². The van der Waals surface area contributed by atoms with Gasteiger partial charge in [-0.2, -0.15) is 5.10 Å². The largest absolute Gasteiger partial charge is 0.372 e. The van der Waals surface area contributed by atoms with Crippen molar-refractivity contribution >= 4 is 44.2 Å². The molecule has 2 aromatic carbocycles. The van der Waals surface area contributed by atoms with Crippen molar-refractivity contribution in [2.24, 2.45) is 5.10 Å². The number of amides is 1. The summed E-state index contributed by atoms with van der Waals surface area (Å²) in [4.78, 5) is 13.9. The number of nitrogens with one attached hydrogen (secondary N) is 1. The molecule has 0 aliphatic heterocycles. The van der Waals surface area contributed by atoms with Crippen molar-refractivity contribution in [3.05, 3.63) is 94.2 Å². The Labute approximate surface area is 164 Å². The molecule has 1 amide bonds. The Morgan fingerprint density at radius 1 is 0.963 bits per heavy atom. The molecule has 0 fully saturated rings. The van der Waals surface area contributed by atoms with Gasteiger partial charge in [-0.25, -0.2) is 5.43 Å². The Morgan fingerprint density at radius 3 is 2.19 bits per heavy atom. The van der Waals surface area contributed by atoms with Crippen LogP contribution in [-0.2, 0) is 10.4 Å². The summed E-state index contributed by atoms with van der Waals surface area (Å²) in [5, 5.41) is 17.4. The fourth-order valence-electron chi connectivity index (χ4n) is 2.87. The predicted octanol–water partition coefficient (Wildman–Crippen LogP) is 4.35. The van der Waals surface area contributed by atoms with Gasteiger partial charge in [-0.3, -0.25) is 4.79 Å². The minimum Gasteiger partial charge on any atom is -0.372 e. The van der Waals surface area contributed by atoms with Crippen LogP contribution >= 0.6 is 22.7 Å². The molecule has 0 unspecified atom stereocenters. The lowest BCUT2D eigenvalue weighted by molar-refractivity contribution is -0.136. The molecule has 0 aliphatic rings. The van der Waals surface area contributed by atoms with Gasteiger partial charge in [0.15, 0.2) is 5.60 Å². The third-order valence-corrected chi connectivity index (χ3v) is 6.26. The molecule has 4 aromatic rings. The Balaban J connectivity index is 1.61. The van der Waals surface area contributed by atoms with Crippen LogP contribution in [0.1, 0.15) is 16.0 Å². The molecule has 134 valence electrons. The lowest BCUT2D eigenvalue weighted by Crippen LogP contribution is -2.43. The fourth-order valence-corrected chi connectivity index (χ4v) is 4.86. The van der Waals surface area contributed by atoms with Gasteiger partial charge in [-0.05, 0) is 28.6 Å². The monoisotopic (exact) mass is 392 g/mol. The number of aliphatic hydroxyl groups is 1. The zero-order valence-corrected chi connectivity index (χ0v) is 15.8. The summed E-state index contributed by atoms with van der Waals surface area (Å²) in [6.07, 6.45) is 1.60. The Kier molecular flexibility index (Phi) is 4.85. The molecule has 0 bridgehead atoms. The Hall–Kier alpha value is -2.80. The first-order chi connectivity index (χ1) is 13.2. The lowest BCUT2D eigenvalue weighted by atomic mass is 9.85. The maximum Gasteiger partial charge on any atom is 0.281 e. The number of hydrogen-bond donors (Lipinski definition) is 2. The molecular formula is C21H16N2O2S2. The van der Waals surface area contributed by atoms with Crippen LogP contribution in [0.5, 0.6) is 0 Å². The molecule has 27 heavy (non-hydrogen) atoms. The van der Waals surface area contributed by atoms with E-state index in [0.29, 0.717) is 11.1 Å². The van der Waals surface area contributed by atoms with Crippen molar-refractivity contribution < 1.29 is 9.90 Å². The topological polar surface area (TPSA) is 61.7 Å². The van der Waals surface area contributed by atoms with Crippen LogP contribution in [0.25, 0.3) is 9.40 Å². The third-order valence-electron chi connectivity index (χ3n) is 4.23. The van der Waals surface area contributed by atoms with Gasteiger partial charge in [0.1, 0.15) is 0 Å². The van der Waals surface area contributed by atoms with E-state index in [1.807, 2.05) is 23.6 Å². The summed E-state index contributed by atoms with van der Waals surface area (Å²) < 4.78 is 2.38. The highest BCUT2D eigenvalue weighted by atomic mass is 32.1. The van der Waals surface area contributed by atoms with Gasteiger partial charge in [-0.15, -0.1) is 22.7 Å². The van der Waals surface area contributed by atoms with Crippen LogP contribution in [0.4, 0.5) is 0 Å². The molecule has 2 aromatic heterocycles. The number of hydrogen-bond acceptors (Lipinski definition) is 5. The first kappa shape index (κ1) is 17.6. The van der Waals surface area contributed by atoms with Gasteiger partial charge in [0.05, 0.1) is 6.21 Å². The van der Waals surface area contributed by atoms with E-state index in [0.717, 1.165) is 4.88 Å². The maximum absolute atomic E-state index is 12.9. The predicted molar refractivity (Wildman–Crippen MR) is 111 cm³/mol. The van der Waals surface area contributed by atoms with E-state index >= 15 is 0 Å². The molecule has 0 saturated carbocycles. The first-order valence-electron chi connectivity index (χ1n) is 8.32. The summed E-state index contributed by atoms with van der Waals surface area (Å²) in [6.45, 7) is 0. The summed E-state index contributed by atoms with van der Waals surface area (Å²) in [6, 6.07) is 21.8. The zero-order chi connectivity index (χ0) is 18.7. The van der Waals surface area contributed by atoms with Gasteiger partial charge in [0.25, 0.3) is 5.91 Å². The number of benzene rings is 2. The van der Waals surface area contributed by atoms with Crippen LogP contribution in [0.15, 0.2) is 83.3 Å². The maximum atomic E-state index is 12.9. The SMILES string of the molecule is O=C(NN=Cc1cc2sccc2s1)C(O)(c1ccccc1)c1ccccc1. The van der Waals surface area contributed by atoms with Gasteiger partial charge in [0.2, 0.25) is 0 Å². The van der Waals surface area contributed by atoms with Crippen molar-refractivity contribution in [3.8, 4) is 0 Å². The van der Waals surface area contributed by atoms with Gasteiger partial charge >= 0.3 is 0 Å². The second-order valence-electron chi connectivity index (χ2n) is 5.94. The number of carbonyl (C=O) groups excluding carboxylic acids is 1. The molecule has 0 atom stereocenters. The highest BCUT2D eigenvalue weighted by Crippen LogP contribution is 2.30. The molecule has 2 N–H and O–H groups in total. The van der Waals surface area contributed by atoms with E-state index in [1.54, 1.807) is 77.4 Å². The normalized spacial score (nSPS) is 11.9. The van der Waals surface area contributed by atoms with E-state index in [2.05, 4.69) is 16.6 Å². The van der Waals surface area contributed by atoms with Crippen molar-refractivity contribution in [1.82, 2.24) is 5.43 Å². The van der Waals surface area contributed by atoms with Crippen LogP contribution in [0, 0.1) is 0 Å². The van der Waals surface area contributed by atoms with Crippen LogP contribution in [0.2, 0.25) is 0 Å². The summed E-state index contributed by atoms with van der Waals surface area (Å²) >= 11 is 3.27. The fraction of sp³-hybridized carbons (Fsp3) is 0.0476. The summed E-state index contributed by atoms with van der Waals surface area (Å²) in [5.41, 5.74) is 1.65. The van der Waals surface area contributed by atoms with Crippen LogP contribution in [0.3, 0.4) is 0 Å². The molecule has 0 aliphatic carbocycles. The van der Waals surface area contributed by atoms with Gasteiger partial charge in [0, 0.05) is 14.3 Å². The standard InChI is InChI=1S/C21H16N2O2S2/c24-20(23-22-14-17-13-19-18(27-17)11-12-26-19)21(25,15-7-3-1-4-8-15)16-9-5-2-6-10-16/h1-14,25H,(H,23,24). The first-order valence-corrected chi connectivity index (χ1v) is 10.0. The molecule has 2 heterocycles. The van der Waals surface area contributed by atoms with E-state index in [4.69, 9.17) is 0 Å². The van der Waals surface area contributed by atoms with E-state index < -0.39 is 11.5 Å². The van der Waals surface area contributed by atoms with Crippen molar-refractivity contribution in [2.45, 2.75) is 5.60 Å². The number of carbonyl (C=O) groups is 1. The molecule has 0 spiro atoms. The van der Waals surface area contributed by atoms with Crippen molar-refractivity contribution in [1.29, 1.82) is 0 Å². The molecule has 4 nitrogen and oxygen atoms in total. The third kappa shape index (κ3) is 3.42. The molecule has 4 rings (SSSR count). The minimum absolute atomic E-state index is 0.487.